The fourth-order valence-corrected chi connectivity index (χ4v) is 5.11. The van der Waals surface area contributed by atoms with E-state index in [1.165, 1.54) is 24.5 Å². The number of nitrogens with one attached hydrogen (secondary N) is 1. The van der Waals surface area contributed by atoms with Crippen molar-refractivity contribution in [2.45, 2.75) is 44.0 Å². The second-order valence-electron chi connectivity index (χ2n) is 6.76. The lowest BCUT2D eigenvalue weighted by molar-refractivity contribution is -0.140. The molecule has 0 saturated carbocycles. The summed E-state index contributed by atoms with van der Waals surface area (Å²) in [5.41, 5.74) is 1.52. The Hall–Kier alpha value is -2.16. The van der Waals surface area contributed by atoms with Gasteiger partial charge in [0, 0.05) is 13.5 Å². The minimum atomic E-state index is -3.91. The number of methoxy groups -OCH3 is 1. The monoisotopic (exact) mass is 470 g/mol. The van der Waals surface area contributed by atoms with Crippen LogP contribution in [0.15, 0.2) is 41.3 Å². The summed E-state index contributed by atoms with van der Waals surface area (Å²) >= 11 is 5.90. The highest BCUT2D eigenvalue weighted by Crippen LogP contribution is 2.41. The molecular weight excluding hydrogens is 443 g/mol. The lowest BCUT2D eigenvalue weighted by Gasteiger charge is -2.22. The molecular formula is C22H28ClFN2O4S. The zero-order valence-corrected chi connectivity index (χ0v) is 19.7. The van der Waals surface area contributed by atoms with Gasteiger partial charge in [-0.3, -0.25) is 9.10 Å². The van der Waals surface area contributed by atoms with Crippen molar-refractivity contribution in [1.29, 1.82) is 0 Å². The predicted molar refractivity (Wildman–Crippen MR) is 121 cm³/mol. The van der Waals surface area contributed by atoms with E-state index in [4.69, 9.17) is 11.6 Å². The minimum Gasteiger partial charge on any atom is -0.469 e. The summed E-state index contributed by atoms with van der Waals surface area (Å²) in [7, 11) is -1.10. The maximum atomic E-state index is 14.3. The fourth-order valence-electron chi connectivity index (χ4n) is 3.42. The molecule has 0 fully saturated rings. The molecule has 9 heteroatoms. The lowest BCUT2D eigenvalue weighted by atomic mass is 9.96. The highest BCUT2D eigenvalue weighted by molar-refractivity contribution is 7.92. The zero-order chi connectivity index (χ0) is 23.2. The van der Waals surface area contributed by atoms with Crippen molar-refractivity contribution in [2.24, 2.45) is 0 Å². The third-order valence-corrected chi connectivity index (χ3v) is 7.09. The molecule has 0 radical (unpaired) electrons. The van der Waals surface area contributed by atoms with Gasteiger partial charge in [0.25, 0.3) is 10.0 Å². The first-order valence-corrected chi connectivity index (χ1v) is 12.0. The maximum absolute atomic E-state index is 14.3. The van der Waals surface area contributed by atoms with Crippen molar-refractivity contribution in [3.8, 4) is 0 Å². The smallest absolute Gasteiger partial charge is 0.305 e. The van der Waals surface area contributed by atoms with E-state index in [1.807, 2.05) is 26.0 Å². The Morgan fingerprint density at radius 1 is 1.19 bits per heavy atom. The number of para-hydroxylation sites is 1. The Morgan fingerprint density at radius 3 is 2.55 bits per heavy atom. The molecule has 6 nitrogen and oxygen atoms in total. The van der Waals surface area contributed by atoms with Crippen molar-refractivity contribution in [3.63, 3.8) is 0 Å². The van der Waals surface area contributed by atoms with E-state index < -0.39 is 21.9 Å². The summed E-state index contributed by atoms with van der Waals surface area (Å²) in [6.45, 7) is 4.50. The molecule has 0 aliphatic carbocycles. The van der Waals surface area contributed by atoms with Crippen LogP contribution >= 0.6 is 11.6 Å². The van der Waals surface area contributed by atoms with Crippen LogP contribution in [-0.4, -0.2) is 35.1 Å². The Morgan fingerprint density at radius 2 is 1.87 bits per heavy atom. The van der Waals surface area contributed by atoms with Gasteiger partial charge in [-0.05, 0) is 48.7 Å². The molecule has 1 heterocycles. The second-order valence-corrected chi connectivity index (χ2v) is 9.10. The van der Waals surface area contributed by atoms with Gasteiger partial charge in [0.15, 0.2) is 0 Å². The summed E-state index contributed by atoms with van der Waals surface area (Å²) in [6.07, 6.45) is 1.59. The Balaban J connectivity index is 0.00000166. The number of benzene rings is 2. The minimum absolute atomic E-state index is 0.0327. The first-order valence-electron chi connectivity index (χ1n) is 10.1. The summed E-state index contributed by atoms with van der Waals surface area (Å²) in [5, 5.41) is 3.07. The van der Waals surface area contributed by atoms with Crippen LogP contribution in [0.25, 0.3) is 0 Å². The summed E-state index contributed by atoms with van der Waals surface area (Å²) in [5.74, 6) is -0.959. The molecule has 0 bridgehead atoms. The van der Waals surface area contributed by atoms with E-state index in [2.05, 4.69) is 10.1 Å². The van der Waals surface area contributed by atoms with Gasteiger partial charge in [-0.25, -0.2) is 12.8 Å². The van der Waals surface area contributed by atoms with Crippen molar-refractivity contribution in [3.05, 3.63) is 58.4 Å². The summed E-state index contributed by atoms with van der Waals surface area (Å²) in [4.78, 5) is 11.2. The Bertz CT molecular complexity index is 1030. The molecule has 3 rings (SSSR count). The number of halogens is 2. The largest absolute Gasteiger partial charge is 0.469 e. The topological polar surface area (TPSA) is 75.7 Å². The van der Waals surface area contributed by atoms with E-state index >= 15 is 0 Å². The number of rotatable bonds is 6. The number of hydrogen-bond acceptors (Lipinski definition) is 5. The van der Waals surface area contributed by atoms with Gasteiger partial charge in [0.05, 0.1) is 28.8 Å². The molecule has 1 atom stereocenters. The van der Waals surface area contributed by atoms with Gasteiger partial charge in [-0.15, -0.1) is 0 Å². The number of fused-ring (bicyclic) bond motifs is 2. The standard InChI is InChI=1S/C20H22ClFN2O4S.C2H6/c1-24-17-8-4-3-7-13(17)20(23-10-6-5-9-19(25)28-2)14-11-16(22)15(21)12-18(14)29(24,26)27;1-2/h3-4,7-8,11-12,20,23H,5-6,9-10H2,1-2H3;1-2H3. The van der Waals surface area contributed by atoms with Crippen molar-refractivity contribution in [1.82, 2.24) is 5.32 Å². The molecule has 1 unspecified atom stereocenters. The van der Waals surface area contributed by atoms with Crippen molar-refractivity contribution >= 4 is 33.3 Å². The Kier molecular flexibility index (Phi) is 8.85. The third kappa shape index (κ3) is 5.37. The van der Waals surface area contributed by atoms with Crippen LogP contribution in [0.1, 0.15) is 50.3 Å². The molecule has 2 aromatic rings. The van der Waals surface area contributed by atoms with E-state index in [1.54, 1.807) is 12.1 Å². The number of nitrogens with zero attached hydrogens (tertiary/aromatic N) is 1. The van der Waals surface area contributed by atoms with Crippen molar-refractivity contribution in [2.75, 3.05) is 25.0 Å². The van der Waals surface area contributed by atoms with Crippen molar-refractivity contribution < 1.29 is 22.3 Å². The lowest BCUT2D eigenvalue weighted by Crippen LogP contribution is -2.26. The highest BCUT2D eigenvalue weighted by Gasteiger charge is 2.35. The van der Waals surface area contributed by atoms with Crippen LogP contribution in [-0.2, 0) is 19.6 Å². The predicted octanol–water partition coefficient (Wildman–Crippen LogP) is 4.67. The average Bonchev–Trinajstić information content (AvgIpc) is 2.83. The third-order valence-electron chi connectivity index (χ3n) is 4.97. The van der Waals surface area contributed by atoms with Gasteiger partial charge in [0.2, 0.25) is 0 Å². The normalized spacial score (nSPS) is 16.3. The Labute approximate surface area is 188 Å². The van der Waals surface area contributed by atoms with E-state index in [9.17, 15) is 17.6 Å². The molecule has 0 saturated heterocycles. The van der Waals surface area contributed by atoms with Crippen LogP contribution in [0.2, 0.25) is 5.02 Å². The van der Waals surface area contributed by atoms with Gasteiger partial charge < -0.3 is 10.1 Å². The number of hydrogen-bond donors (Lipinski definition) is 1. The molecule has 0 amide bonds. The fraction of sp³-hybridized carbons (Fsp3) is 0.409. The van der Waals surface area contributed by atoms with Crippen LogP contribution in [0, 0.1) is 5.82 Å². The summed E-state index contributed by atoms with van der Waals surface area (Å²) in [6, 6.07) is 8.88. The molecule has 1 aliphatic heterocycles. The first kappa shape index (κ1) is 25.1. The van der Waals surface area contributed by atoms with Crippen LogP contribution < -0.4 is 9.62 Å². The van der Waals surface area contributed by atoms with E-state index in [0.717, 1.165) is 6.07 Å². The number of sulfonamides is 1. The zero-order valence-electron chi connectivity index (χ0n) is 18.1. The number of carbonyl (C=O) groups is 1. The molecule has 31 heavy (non-hydrogen) atoms. The molecule has 0 spiro atoms. The average molecular weight is 471 g/mol. The molecule has 2 aromatic carbocycles. The molecule has 1 aliphatic rings. The molecule has 0 aromatic heterocycles. The number of esters is 1. The SMILES string of the molecule is CC.COC(=O)CCCCNC1c2ccccc2N(C)S(=O)(=O)c2cc(Cl)c(F)cc21. The van der Waals surface area contributed by atoms with E-state index in [-0.39, 0.29) is 15.9 Å². The van der Waals surface area contributed by atoms with Gasteiger partial charge >= 0.3 is 5.97 Å². The quantitative estimate of drug-likeness (QED) is 0.490. The van der Waals surface area contributed by atoms with Crippen LogP contribution in [0.5, 0.6) is 0 Å². The second kappa shape index (κ2) is 10.9. The summed E-state index contributed by atoms with van der Waals surface area (Å²) < 4.78 is 46.4. The number of ether oxygens (including phenoxy) is 1. The first-order chi connectivity index (χ1) is 14.8. The van der Waals surface area contributed by atoms with Gasteiger partial charge in [-0.2, -0.15) is 0 Å². The number of carbonyl (C=O) groups excluding carboxylic acids is 1. The van der Waals surface area contributed by atoms with Gasteiger partial charge in [0.1, 0.15) is 5.82 Å². The van der Waals surface area contributed by atoms with Crippen LogP contribution in [0.3, 0.4) is 0 Å². The van der Waals surface area contributed by atoms with E-state index in [0.29, 0.717) is 42.6 Å². The van der Waals surface area contributed by atoms with Crippen LogP contribution in [0.4, 0.5) is 10.1 Å². The molecule has 170 valence electrons. The highest BCUT2D eigenvalue weighted by atomic mass is 35.5. The maximum Gasteiger partial charge on any atom is 0.305 e. The molecule has 1 N–H and O–H groups in total. The number of unbranched alkanes of at least 4 members (excludes halogenated alkanes) is 1. The van der Waals surface area contributed by atoms with Gasteiger partial charge in [-0.1, -0.05) is 43.6 Å². The number of anilines is 1.